The smallest absolute Gasteiger partial charge is 0.230 e. The first-order chi connectivity index (χ1) is 12.3. The Bertz CT molecular complexity index is 905. The number of aromatic nitrogens is 4. The van der Waals surface area contributed by atoms with E-state index in [1.807, 2.05) is 4.52 Å². The van der Waals surface area contributed by atoms with E-state index in [4.69, 9.17) is 5.10 Å². The Balaban J connectivity index is 1.37. The van der Waals surface area contributed by atoms with Crippen LogP contribution in [0.3, 0.4) is 0 Å². The summed E-state index contributed by atoms with van der Waals surface area (Å²) in [6, 6.07) is 10.8. The van der Waals surface area contributed by atoms with Crippen LogP contribution in [0, 0.1) is 6.92 Å². The molecule has 0 spiro atoms. The molecule has 2 aliphatic rings. The molecule has 3 heterocycles. The lowest BCUT2D eigenvalue weighted by molar-refractivity contribution is 0.627. The molecule has 2 aromatic heterocycles. The van der Waals surface area contributed by atoms with E-state index in [0.717, 1.165) is 37.8 Å². The lowest BCUT2D eigenvalue weighted by atomic mass is 10.2. The molecule has 0 unspecified atom stereocenters. The molecule has 0 bridgehead atoms. The van der Waals surface area contributed by atoms with Crippen LogP contribution in [0.2, 0.25) is 0 Å². The Morgan fingerprint density at radius 1 is 0.960 bits per heavy atom. The standard InChI is InChI=1S/C19H22N6/c1-14-3-2-4-16(11-14)23-7-9-24(10-8-23)19-21-13-20-18-12-17(15-5-6-15)22-25(18)19/h2-4,11-13,15H,5-10H2,1H3. The summed E-state index contributed by atoms with van der Waals surface area (Å²) in [5, 5.41) is 4.78. The second-order valence-corrected chi connectivity index (χ2v) is 7.10. The van der Waals surface area contributed by atoms with Crippen molar-refractivity contribution < 1.29 is 0 Å². The summed E-state index contributed by atoms with van der Waals surface area (Å²) in [7, 11) is 0. The van der Waals surface area contributed by atoms with Crippen LogP contribution in [-0.4, -0.2) is 45.8 Å². The van der Waals surface area contributed by atoms with Gasteiger partial charge >= 0.3 is 0 Å². The quantitative estimate of drug-likeness (QED) is 0.737. The second kappa shape index (κ2) is 5.72. The third-order valence-electron chi connectivity index (χ3n) is 5.19. The Morgan fingerprint density at radius 2 is 1.76 bits per heavy atom. The minimum absolute atomic E-state index is 0.632. The molecule has 6 heteroatoms. The van der Waals surface area contributed by atoms with Gasteiger partial charge in [-0.15, -0.1) is 0 Å². The molecule has 0 amide bonds. The topological polar surface area (TPSA) is 49.6 Å². The van der Waals surface area contributed by atoms with Crippen molar-refractivity contribution >= 4 is 17.3 Å². The SMILES string of the molecule is Cc1cccc(N2CCN(c3ncnc4cc(C5CC5)nn34)CC2)c1. The van der Waals surface area contributed by atoms with Gasteiger partial charge in [0.1, 0.15) is 6.33 Å². The van der Waals surface area contributed by atoms with E-state index in [1.165, 1.54) is 29.8 Å². The van der Waals surface area contributed by atoms with Gasteiger partial charge in [-0.25, -0.2) is 9.97 Å². The number of hydrogen-bond donors (Lipinski definition) is 0. The number of aryl methyl sites for hydroxylation is 1. The summed E-state index contributed by atoms with van der Waals surface area (Å²) in [4.78, 5) is 13.7. The lowest BCUT2D eigenvalue weighted by Crippen LogP contribution is -2.47. The van der Waals surface area contributed by atoms with Crippen LogP contribution in [0.4, 0.5) is 11.6 Å². The highest BCUT2D eigenvalue weighted by atomic mass is 15.4. The Labute approximate surface area is 147 Å². The van der Waals surface area contributed by atoms with Crippen molar-refractivity contribution in [2.45, 2.75) is 25.7 Å². The first kappa shape index (κ1) is 14.7. The van der Waals surface area contributed by atoms with Crippen LogP contribution >= 0.6 is 0 Å². The van der Waals surface area contributed by atoms with Crippen molar-refractivity contribution in [3.05, 3.63) is 47.9 Å². The molecule has 0 atom stereocenters. The van der Waals surface area contributed by atoms with Gasteiger partial charge in [0.15, 0.2) is 5.65 Å². The van der Waals surface area contributed by atoms with Gasteiger partial charge in [-0.2, -0.15) is 9.61 Å². The van der Waals surface area contributed by atoms with E-state index in [0.29, 0.717) is 5.92 Å². The number of fused-ring (bicyclic) bond motifs is 1. The summed E-state index contributed by atoms with van der Waals surface area (Å²) in [6.07, 6.45) is 4.17. The second-order valence-electron chi connectivity index (χ2n) is 7.10. The van der Waals surface area contributed by atoms with E-state index < -0.39 is 0 Å². The van der Waals surface area contributed by atoms with Gasteiger partial charge < -0.3 is 9.80 Å². The Morgan fingerprint density at radius 3 is 2.52 bits per heavy atom. The molecular formula is C19H22N6. The van der Waals surface area contributed by atoms with Gasteiger partial charge in [0.25, 0.3) is 0 Å². The number of benzene rings is 1. The van der Waals surface area contributed by atoms with Gasteiger partial charge in [0.2, 0.25) is 5.95 Å². The average molecular weight is 334 g/mol. The molecule has 128 valence electrons. The fraction of sp³-hybridized carbons (Fsp3) is 0.421. The molecule has 1 saturated carbocycles. The largest absolute Gasteiger partial charge is 0.368 e. The molecule has 6 nitrogen and oxygen atoms in total. The monoisotopic (exact) mass is 334 g/mol. The summed E-state index contributed by atoms with van der Waals surface area (Å²) in [6.45, 7) is 6.02. The van der Waals surface area contributed by atoms with E-state index in [2.05, 4.69) is 57.0 Å². The number of piperazine rings is 1. The maximum Gasteiger partial charge on any atom is 0.230 e. The minimum Gasteiger partial charge on any atom is -0.368 e. The van der Waals surface area contributed by atoms with E-state index in [-0.39, 0.29) is 0 Å². The van der Waals surface area contributed by atoms with Crippen molar-refractivity contribution in [1.29, 1.82) is 0 Å². The van der Waals surface area contributed by atoms with Gasteiger partial charge in [-0.1, -0.05) is 12.1 Å². The Kier molecular flexibility index (Phi) is 3.36. The number of nitrogens with zero attached hydrogens (tertiary/aromatic N) is 6. The lowest BCUT2D eigenvalue weighted by Gasteiger charge is -2.36. The molecule has 0 N–H and O–H groups in total. The third kappa shape index (κ3) is 2.71. The highest BCUT2D eigenvalue weighted by molar-refractivity contribution is 5.51. The highest BCUT2D eigenvalue weighted by Gasteiger charge is 2.28. The molecule has 1 aliphatic heterocycles. The van der Waals surface area contributed by atoms with Crippen LogP contribution in [0.15, 0.2) is 36.7 Å². The highest BCUT2D eigenvalue weighted by Crippen LogP contribution is 2.39. The molecule has 1 aliphatic carbocycles. The summed E-state index contributed by atoms with van der Waals surface area (Å²) < 4.78 is 1.93. The zero-order valence-electron chi connectivity index (χ0n) is 14.5. The fourth-order valence-corrected chi connectivity index (χ4v) is 3.61. The molecular weight excluding hydrogens is 312 g/mol. The number of anilines is 2. The zero-order chi connectivity index (χ0) is 16.8. The van der Waals surface area contributed by atoms with Crippen LogP contribution < -0.4 is 9.80 Å². The predicted octanol–water partition coefficient (Wildman–Crippen LogP) is 2.64. The van der Waals surface area contributed by atoms with Crippen molar-refractivity contribution in [3.63, 3.8) is 0 Å². The molecule has 0 radical (unpaired) electrons. The Hall–Kier alpha value is -2.63. The van der Waals surface area contributed by atoms with Crippen LogP contribution in [0.25, 0.3) is 5.65 Å². The molecule has 1 saturated heterocycles. The van der Waals surface area contributed by atoms with Crippen LogP contribution in [0.1, 0.15) is 30.0 Å². The number of rotatable bonds is 3. The molecule has 25 heavy (non-hydrogen) atoms. The molecule has 2 fully saturated rings. The molecule has 1 aromatic carbocycles. The summed E-state index contributed by atoms with van der Waals surface area (Å²) in [5.41, 5.74) is 4.69. The van der Waals surface area contributed by atoms with Gasteiger partial charge in [-0.05, 0) is 37.5 Å². The van der Waals surface area contributed by atoms with Crippen LogP contribution in [-0.2, 0) is 0 Å². The number of hydrogen-bond acceptors (Lipinski definition) is 5. The first-order valence-electron chi connectivity index (χ1n) is 9.05. The van der Waals surface area contributed by atoms with Gasteiger partial charge in [0.05, 0.1) is 5.69 Å². The summed E-state index contributed by atoms with van der Waals surface area (Å²) in [5.74, 6) is 1.55. The van der Waals surface area contributed by atoms with Crippen molar-refractivity contribution in [1.82, 2.24) is 19.6 Å². The minimum atomic E-state index is 0.632. The third-order valence-corrected chi connectivity index (χ3v) is 5.19. The van der Waals surface area contributed by atoms with E-state index >= 15 is 0 Å². The van der Waals surface area contributed by atoms with E-state index in [9.17, 15) is 0 Å². The zero-order valence-corrected chi connectivity index (χ0v) is 14.5. The normalized spacial score (nSPS) is 18.1. The summed E-state index contributed by atoms with van der Waals surface area (Å²) >= 11 is 0. The maximum absolute atomic E-state index is 4.78. The average Bonchev–Trinajstić information content (AvgIpc) is 3.40. The van der Waals surface area contributed by atoms with Gasteiger partial charge in [-0.3, -0.25) is 0 Å². The maximum atomic E-state index is 4.78. The van der Waals surface area contributed by atoms with Crippen molar-refractivity contribution in [3.8, 4) is 0 Å². The molecule has 5 rings (SSSR count). The predicted molar refractivity (Wildman–Crippen MR) is 98.4 cm³/mol. The first-order valence-corrected chi connectivity index (χ1v) is 9.05. The molecule has 3 aromatic rings. The van der Waals surface area contributed by atoms with Crippen LogP contribution in [0.5, 0.6) is 0 Å². The van der Waals surface area contributed by atoms with E-state index in [1.54, 1.807) is 6.33 Å². The van der Waals surface area contributed by atoms with Gasteiger partial charge in [0, 0.05) is 43.9 Å². The van der Waals surface area contributed by atoms with Crippen molar-refractivity contribution in [2.24, 2.45) is 0 Å². The van der Waals surface area contributed by atoms with Crippen molar-refractivity contribution in [2.75, 3.05) is 36.0 Å². The fourth-order valence-electron chi connectivity index (χ4n) is 3.61.